The Labute approximate surface area is 158 Å². The van der Waals surface area contributed by atoms with Crippen molar-refractivity contribution in [3.8, 4) is 5.75 Å². The maximum absolute atomic E-state index is 14.1. The van der Waals surface area contributed by atoms with Crippen LogP contribution in [0.4, 0.5) is 4.39 Å². The number of nitrogens with zero attached hydrogens (tertiary/aromatic N) is 1. The summed E-state index contributed by atoms with van der Waals surface area (Å²) in [4.78, 5) is 26.3. The second kappa shape index (κ2) is 8.69. The van der Waals surface area contributed by atoms with Gasteiger partial charge in [0.25, 0.3) is 0 Å². The number of rotatable bonds is 6. The van der Waals surface area contributed by atoms with Crippen molar-refractivity contribution < 1.29 is 23.8 Å². The van der Waals surface area contributed by atoms with E-state index in [1.165, 1.54) is 19.2 Å². The zero-order valence-electron chi connectivity index (χ0n) is 15.6. The molecule has 7 heteroatoms. The van der Waals surface area contributed by atoms with Crippen molar-refractivity contribution in [1.82, 2.24) is 10.2 Å². The van der Waals surface area contributed by atoms with Crippen LogP contribution in [0.2, 0.25) is 0 Å². The fourth-order valence-corrected chi connectivity index (χ4v) is 3.85. The number of hydrogen-bond donors (Lipinski definition) is 2. The Bertz CT molecular complexity index is 691. The fourth-order valence-electron chi connectivity index (χ4n) is 3.85. The van der Waals surface area contributed by atoms with E-state index in [4.69, 9.17) is 4.74 Å². The van der Waals surface area contributed by atoms with E-state index in [0.29, 0.717) is 31.4 Å². The van der Waals surface area contributed by atoms with Crippen LogP contribution in [-0.2, 0) is 9.59 Å². The molecule has 1 atom stereocenters. The molecule has 6 nitrogen and oxygen atoms in total. The smallest absolute Gasteiger partial charge is 0.240 e. The molecule has 0 spiro atoms. The summed E-state index contributed by atoms with van der Waals surface area (Å²) >= 11 is 0. The van der Waals surface area contributed by atoms with Gasteiger partial charge in [-0.15, -0.1) is 0 Å². The average molecular weight is 378 g/mol. The molecule has 1 saturated heterocycles. The highest BCUT2D eigenvalue weighted by Gasteiger charge is 2.36. The van der Waals surface area contributed by atoms with E-state index in [2.05, 4.69) is 5.32 Å². The minimum absolute atomic E-state index is 0.00811. The van der Waals surface area contributed by atoms with Crippen molar-refractivity contribution in [3.63, 3.8) is 0 Å². The largest absolute Gasteiger partial charge is 0.494 e. The number of likely N-dealkylation sites (tertiary alicyclic amines) is 1. The van der Waals surface area contributed by atoms with Crippen LogP contribution >= 0.6 is 0 Å². The third kappa shape index (κ3) is 4.77. The quantitative estimate of drug-likeness (QED) is 0.795. The van der Waals surface area contributed by atoms with Crippen molar-refractivity contribution in [1.29, 1.82) is 0 Å². The maximum Gasteiger partial charge on any atom is 0.240 e. The highest BCUT2D eigenvalue weighted by atomic mass is 19.1. The van der Waals surface area contributed by atoms with Crippen LogP contribution in [0.25, 0.3) is 0 Å². The Balaban J connectivity index is 1.70. The lowest BCUT2D eigenvalue weighted by Crippen LogP contribution is -2.46. The van der Waals surface area contributed by atoms with Gasteiger partial charge in [-0.1, -0.05) is 12.5 Å². The molecule has 2 fully saturated rings. The van der Waals surface area contributed by atoms with Crippen molar-refractivity contribution in [2.45, 2.75) is 50.7 Å². The van der Waals surface area contributed by atoms with Gasteiger partial charge in [0.05, 0.1) is 25.8 Å². The van der Waals surface area contributed by atoms with Crippen LogP contribution in [0.3, 0.4) is 0 Å². The van der Waals surface area contributed by atoms with Gasteiger partial charge in [-0.3, -0.25) is 9.59 Å². The molecular weight excluding hydrogens is 351 g/mol. The molecule has 0 bridgehead atoms. The lowest BCUT2D eigenvalue weighted by atomic mass is 9.75. The third-order valence-electron chi connectivity index (χ3n) is 5.48. The molecule has 2 amide bonds. The van der Waals surface area contributed by atoms with Crippen LogP contribution in [0.15, 0.2) is 18.2 Å². The van der Waals surface area contributed by atoms with Gasteiger partial charge in [-0.05, 0) is 49.3 Å². The number of carbonyl (C=O) groups excluding carboxylic acids is 2. The molecule has 1 aromatic carbocycles. The van der Waals surface area contributed by atoms with E-state index in [9.17, 15) is 19.1 Å². The Morgan fingerprint density at radius 2 is 2.15 bits per heavy atom. The zero-order valence-corrected chi connectivity index (χ0v) is 15.6. The molecule has 1 aliphatic heterocycles. The molecule has 1 aliphatic carbocycles. The fraction of sp³-hybridized carbons (Fsp3) is 0.600. The summed E-state index contributed by atoms with van der Waals surface area (Å²) in [6, 6.07) is 4.24. The van der Waals surface area contributed by atoms with Crippen molar-refractivity contribution in [2.75, 3.05) is 20.2 Å². The van der Waals surface area contributed by atoms with Gasteiger partial charge < -0.3 is 20.1 Å². The van der Waals surface area contributed by atoms with E-state index in [0.717, 1.165) is 19.3 Å². The SMILES string of the molecule is COc1ccc([C@@H](NC(=O)CN2CCCCCC2=O)C2CC(O)C2)cc1F. The number of halogens is 1. The van der Waals surface area contributed by atoms with Gasteiger partial charge in [0.1, 0.15) is 0 Å². The van der Waals surface area contributed by atoms with E-state index in [1.54, 1.807) is 11.0 Å². The van der Waals surface area contributed by atoms with Gasteiger partial charge >= 0.3 is 0 Å². The molecule has 2 N–H and O–H groups in total. The standard InChI is InChI=1S/C20H27FN2O4/c1-27-17-7-6-13(11-16(17)21)20(14-9-15(24)10-14)22-18(25)12-23-8-4-2-3-5-19(23)26/h6-7,11,14-15,20,24H,2-5,8-10,12H2,1H3,(H,22,25)/t14?,15?,20-/m1/s1. The molecule has 0 radical (unpaired) electrons. The number of carbonyl (C=O) groups is 2. The molecule has 0 aromatic heterocycles. The van der Waals surface area contributed by atoms with Crippen LogP contribution in [0.1, 0.15) is 50.1 Å². The normalized spacial score (nSPS) is 24.0. The van der Waals surface area contributed by atoms with Gasteiger partial charge in [-0.2, -0.15) is 0 Å². The van der Waals surface area contributed by atoms with Gasteiger partial charge in [0.15, 0.2) is 11.6 Å². The summed E-state index contributed by atoms with van der Waals surface area (Å²) in [5.41, 5.74) is 0.640. The first-order valence-corrected chi connectivity index (χ1v) is 9.56. The summed E-state index contributed by atoms with van der Waals surface area (Å²) in [7, 11) is 1.40. The van der Waals surface area contributed by atoms with Gasteiger partial charge in [-0.25, -0.2) is 4.39 Å². The highest BCUT2D eigenvalue weighted by Crippen LogP contribution is 2.39. The lowest BCUT2D eigenvalue weighted by molar-refractivity contribution is -0.136. The zero-order chi connectivity index (χ0) is 19.4. The topological polar surface area (TPSA) is 78.9 Å². The molecule has 1 heterocycles. The second-order valence-corrected chi connectivity index (χ2v) is 7.45. The summed E-state index contributed by atoms with van der Waals surface area (Å²) in [5.74, 6) is -0.553. The first kappa shape index (κ1) is 19.6. The van der Waals surface area contributed by atoms with Crippen LogP contribution < -0.4 is 10.1 Å². The summed E-state index contributed by atoms with van der Waals surface area (Å²) in [5, 5.41) is 12.6. The summed E-state index contributed by atoms with van der Waals surface area (Å²) < 4.78 is 19.1. The number of ether oxygens (including phenoxy) is 1. The molecule has 27 heavy (non-hydrogen) atoms. The summed E-state index contributed by atoms with van der Waals surface area (Å²) in [6.07, 6.45) is 3.98. The highest BCUT2D eigenvalue weighted by molar-refractivity contribution is 5.85. The van der Waals surface area contributed by atoms with Crippen LogP contribution in [0, 0.1) is 11.7 Å². The number of nitrogens with one attached hydrogen (secondary N) is 1. The van der Waals surface area contributed by atoms with Crippen LogP contribution in [0.5, 0.6) is 5.75 Å². The van der Waals surface area contributed by atoms with E-state index in [-0.39, 0.29) is 36.1 Å². The Hall–Kier alpha value is -2.15. The predicted octanol–water partition coefficient (Wildman–Crippen LogP) is 2.17. The van der Waals surface area contributed by atoms with Crippen LogP contribution in [-0.4, -0.2) is 48.1 Å². The molecular formula is C20H27FN2O4. The second-order valence-electron chi connectivity index (χ2n) is 7.45. The lowest BCUT2D eigenvalue weighted by Gasteiger charge is -2.38. The first-order chi connectivity index (χ1) is 13.0. The average Bonchev–Trinajstić information content (AvgIpc) is 2.82. The predicted molar refractivity (Wildman–Crippen MR) is 97.6 cm³/mol. The van der Waals surface area contributed by atoms with E-state index < -0.39 is 11.9 Å². The Kier molecular flexibility index (Phi) is 6.31. The Morgan fingerprint density at radius 1 is 1.37 bits per heavy atom. The molecule has 148 valence electrons. The van der Waals surface area contributed by atoms with Gasteiger partial charge in [0.2, 0.25) is 11.8 Å². The number of aliphatic hydroxyl groups excluding tert-OH is 1. The number of methoxy groups -OCH3 is 1. The van der Waals surface area contributed by atoms with Crippen molar-refractivity contribution in [2.24, 2.45) is 5.92 Å². The molecule has 0 unspecified atom stereocenters. The minimum Gasteiger partial charge on any atom is -0.494 e. The van der Waals surface area contributed by atoms with Gasteiger partial charge in [0, 0.05) is 13.0 Å². The number of hydrogen-bond acceptors (Lipinski definition) is 4. The monoisotopic (exact) mass is 378 g/mol. The van der Waals surface area contributed by atoms with Crippen molar-refractivity contribution in [3.05, 3.63) is 29.6 Å². The summed E-state index contributed by atoms with van der Waals surface area (Å²) in [6.45, 7) is 0.611. The Morgan fingerprint density at radius 3 is 2.81 bits per heavy atom. The third-order valence-corrected chi connectivity index (χ3v) is 5.48. The maximum atomic E-state index is 14.1. The number of benzene rings is 1. The number of aliphatic hydroxyl groups is 1. The molecule has 3 rings (SSSR count). The molecule has 1 saturated carbocycles. The number of amides is 2. The molecule has 2 aliphatic rings. The van der Waals surface area contributed by atoms with E-state index in [1.807, 2.05) is 0 Å². The molecule has 1 aromatic rings. The van der Waals surface area contributed by atoms with Crippen molar-refractivity contribution >= 4 is 11.8 Å². The minimum atomic E-state index is -0.489. The first-order valence-electron chi connectivity index (χ1n) is 9.56. The van der Waals surface area contributed by atoms with E-state index >= 15 is 0 Å².